The quantitative estimate of drug-likeness (QED) is 0.329. The Morgan fingerprint density at radius 3 is 2.57 bits per heavy atom. The Balaban J connectivity index is 1.65. The molecule has 0 heterocycles. The van der Waals surface area contributed by atoms with E-state index in [1.54, 1.807) is 5.48 Å². The van der Waals surface area contributed by atoms with Gasteiger partial charge in [-0.2, -0.15) is 0 Å². The third-order valence-corrected chi connectivity index (χ3v) is 4.49. The Hall–Kier alpha value is -1.52. The highest BCUT2D eigenvalue weighted by Gasteiger charge is 1.99. The van der Waals surface area contributed by atoms with E-state index in [2.05, 4.69) is 42.5 Å². The first kappa shape index (κ1) is 15.9. The maximum atomic E-state index is 10.8. The fourth-order valence-corrected chi connectivity index (χ4v) is 3.20. The summed E-state index contributed by atoms with van der Waals surface area (Å²) in [6.45, 7) is 0. The first-order chi connectivity index (χ1) is 10.3. The predicted octanol–water partition coefficient (Wildman–Crippen LogP) is 4.39. The molecular formula is C17H21NO2S. The van der Waals surface area contributed by atoms with Crippen molar-refractivity contribution in [2.45, 2.75) is 37.0 Å². The third-order valence-electron chi connectivity index (χ3n) is 3.41. The number of carbonyl (C=O) groups excluding carboxylic acids is 1. The number of rotatable bonds is 8. The van der Waals surface area contributed by atoms with Gasteiger partial charge in [-0.3, -0.25) is 10.0 Å². The molecular weight excluding hydrogens is 282 g/mol. The number of fused-ring (bicyclic) bond motifs is 1. The minimum atomic E-state index is -0.291. The van der Waals surface area contributed by atoms with Gasteiger partial charge in [0, 0.05) is 11.3 Å². The van der Waals surface area contributed by atoms with Gasteiger partial charge >= 0.3 is 0 Å². The fraction of sp³-hybridized carbons (Fsp3) is 0.353. The normalized spacial score (nSPS) is 10.7. The van der Waals surface area contributed by atoms with Crippen LogP contribution in [0.1, 0.15) is 32.1 Å². The second-order valence-electron chi connectivity index (χ2n) is 5.06. The molecule has 0 aliphatic carbocycles. The van der Waals surface area contributed by atoms with Crippen molar-refractivity contribution >= 4 is 28.4 Å². The molecule has 112 valence electrons. The monoisotopic (exact) mass is 303 g/mol. The first-order valence-corrected chi connectivity index (χ1v) is 8.33. The standard InChI is InChI=1S/C17H21NO2S/c19-17(18-20)9-3-1-2-6-12-21-16-11-10-14-7-4-5-8-15(14)13-16/h4-5,7-8,10-11,13,20H,1-3,6,9,12H2,(H,18,19). The average Bonchev–Trinajstić information content (AvgIpc) is 2.53. The Bertz CT molecular complexity index is 586. The number of benzene rings is 2. The van der Waals surface area contributed by atoms with Crippen molar-refractivity contribution in [1.82, 2.24) is 5.48 Å². The molecule has 2 aromatic carbocycles. The Morgan fingerprint density at radius 2 is 1.76 bits per heavy atom. The van der Waals surface area contributed by atoms with Crippen LogP contribution >= 0.6 is 11.8 Å². The van der Waals surface area contributed by atoms with Crippen LogP contribution in [0, 0.1) is 0 Å². The van der Waals surface area contributed by atoms with E-state index in [4.69, 9.17) is 5.21 Å². The maximum Gasteiger partial charge on any atom is 0.243 e. The second-order valence-corrected chi connectivity index (χ2v) is 6.22. The molecule has 0 aliphatic heterocycles. The number of hydroxylamine groups is 1. The van der Waals surface area contributed by atoms with E-state index in [0.29, 0.717) is 6.42 Å². The first-order valence-electron chi connectivity index (χ1n) is 7.34. The number of hydrogen-bond donors (Lipinski definition) is 2. The summed E-state index contributed by atoms with van der Waals surface area (Å²) in [6, 6.07) is 15.0. The van der Waals surface area contributed by atoms with Crippen molar-refractivity contribution in [2.75, 3.05) is 5.75 Å². The number of carbonyl (C=O) groups is 1. The zero-order valence-electron chi connectivity index (χ0n) is 12.0. The van der Waals surface area contributed by atoms with Crippen LogP contribution < -0.4 is 5.48 Å². The van der Waals surface area contributed by atoms with E-state index >= 15 is 0 Å². The highest BCUT2D eigenvalue weighted by atomic mass is 32.2. The summed E-state index contributed by atoms with van der Waals surface area (Å²) in [5.74, 6) is 0.811. The van der Waals surface area contributed by atoms with Gasteiger partial charge < -0.3 is 0 Å². The SMILES string of the molecule is O=C(CCCCCCSc1ccc2ccccc2c1)NO. The van der Waals surface area contributed by atoms with E-state index in [0.717, 1.165) is 31.4 Å². The number of hydrogen-bond acceptors (Lipinski definition) is 3. The van der Waals surface area contributed by atoms with Crippen molar-refractivity contribution in [1.29, 1.82) is 0 Å². The van der Waals surface area contributed by atoms with Gasteiger partial charge in [-0.25, -0.2) is 5.48 Å². The molecule has 0 spiro atoms. The molecule has 0 unspecified atom stereocenters. The molecule has 0 aromatic heterocycles. The fourth-order valence-electron chi connectivity index (χ4n) is 2.24. The van der Waals surface area contributed by atoms with Crippen molar-refractivity contribution in [3.8, 4) is 0 Å². The van der Waals surface area contributed by atoms with E-state index < -0.39 is 0 Å². The van der Waals surface area contributed by atoms with Gasteiger partial charge in [-0.15, -0.1) is 11.8 Å². The van der Waals surface area contributed by atoms with Crippen molar-refractivity contribution < 1.29 is 10.0 Å². The van der Waals surface area contributed by atoms with Crippen LogP contribution in [0.15, 0.2) is 47.4 Å². The summed E-state index contributed by atoms with van der Waals surface area (Å²) >= 11 is 1.88. The second kappa shape index (κ2) is 8.70. The van der Waals surface area contributed by atoms with Gasteiger partial charge in [-0.1, -0.05) is 43.2 Å². The van der Waals surface area contributed by atoms with Gasteiger partial charge in [0.05, 0.1) is 0 Å². The number of amides is 1. The van der Waals surface area contributed by atoms with Gasteiger partial charge in [0.25, 0.3) is 0 Å². The minimum absolute atomic E-state index is 0.291. The molecule has 0 aliphatic rings. The maximum absolute atomic E-state index is 10.8. The van der Waals surface area contributed by atoms with Crippen LogP contribution in [-0.4, -0.2) is 16.9 Å². The highest BCUT2D eigenvalue weighted by Crippen LogP contribution is 2.24. The van der Waals surface area contributed by atoms with Crippen molar-refractivity contribution in [2.24, 2.45) is 0 Å². The van der Waals surface area contributed by atoms with Gasteiger partial charge in [0.15, 0.2) is 0 Å². The van der Waals surface area contributed by atoms with Crippen LogP contribution in [0.25, 0.3) is 10.8 Å². The van der Waals surface area contributed by atoms with Crippen LogP contribution in [-0.2, 0) is 4.79 Å². The summed E-state index contributed by atoms with van der Waals surface area (Å²) in [5.41, 5.74) is 1.66. The van der Waals surface area contributed by atoms with E-state index in [1.807, 2.05) is 11.8 Å². The molecule has 0 saturated heterocycles. The smallest absolute Gasteiger partial charge is 0.243 e. The van der Waals surface area contributed by atoms with Gasteiger partial charge in [0.2, 0.25) is 5.91 Å². The van der Waals surface area contributed by atoms with Gasteiger partial charge in [0.1, 0.15) is 0 Å². The Labute approximate surface area is 129 Å². The molecule has 3 nitrogen and oxygen atoms in total. The van der Waals surface area contributed by atoms with Crippen molar-refractivity contribution in [3.05, 3.63) is 42.5 Å². The molecule has 21 heavy (non-hydrogen) atoms. The predicted molar refractivity (Wildman–Crippen MR) is 87.7 cm³/mol. The summed E-state index contributed by atoms with van der Waals surface area (Å²) in [6.07, 6.45) is 4.56. The number of thioether (sulfide) groups is 1. The van der Waals surface area contributed by atoms with Crippen LogP contribution in [0.3, 0.4) is 0 Å². The molecule has 0 saturated carbocycles. The third kappa shape index (κ3) is 5.40. The lowest BCUT2D eigenvalue weighted by atomic mass is 10.1. The lowest BCUT2D eigenvalue weighted by Crippen LogP contribution is -2.17. The molecule has 0 fully saturated rings. The topological polar surface area (TPSA) is 49.3 Å². The summed E-state index contributed by atoms with van der Waals surface area (Å²) in [7, 11) is 0. The van der Waals surface area contributed by atoms with Crippen molar-refractivity contribution in [3.63, 3.8) is 0 Å². The molecule has 0 atom stereocenters. The van der Waals surface area contributed by atoms with Crippen LogP contribution in [0.2, 0.25) is 0 Å². The molecule has 2 rings (SSSR count). The van der Waals surface area contributed by atoms with Crippen LogP contribution in [0.4, 0.5) is 0 Å². The van der Waals surface area contributed by atoms with Gasteiger partial charge in [-0.05, 0) is 41.5 Å². The number of nitrogens with one attached hydrogen (secondary N) is 1. The van der Waals surface area contributed by atoms with E-state index in [-0.39, 0.29) is 5.91 Å². The Morgan fingerprint density at radius 1 is 1.00 bits per heavy atom. The highest BCUT2D eigenvalue weighted by molar-refractivity contribution is 7.99. The largest absolute Gasteiger partial charge is 0.289 e. The minimum Gasteiger partial charge on any atom is -0.289 e. The summed E-state index contributed by atoms with van der Waals surface area (Å²) in [5, 5.41) is 10.9. The Kier molecular flexibility index (Phi) is 6.57. The molecule has 2 N–H and O–H groups in total. The molecule has 4 heteroatoms. The lowest BCUT2D eigenvalue weighted by Gasteiger charge is -2.04. The van der Waals surface area contributed by atoms with E-state index in [1.165, 1.54) is 15.7 Å². The molecule has 1 amide bonds. The zero-order chi connectivity index (χ0) is 14.9. The van der Waals surface area contributed by atoms with E-state index in [9.17, 15) is 4.79 Å². The molecule has 2 aromatic rings. The lowest BCUT2D eigenvalue weighted by molar-refractivity contribution is -0.129. The summed E-state index contributed by atoms with van der Waals surface area (Å²) < 4.78 is 0. The molecule has 0 bridgehead atoms. The number of unbranched alkanes of at least 4 members (excludes halogenated alkanes) is 3. The summed E-state index contributed by atoms with van der Waals surface area (Å²) in [4.78, 5) is 12.1. The van der Waals surface area contributed by atoms with Crippen LogP contribution in [0.5, 0.6) is 0 Å². The zero-order valence-corrected chi connectivity index (χ0v) is 12.9. The molecule has 0 radical (unpaired) electrons. The average molecular weight is 303 g/mol.